The van der Waals surface area contributed by atoms with Crippen LogP contribution in [0.1, 0.15) is 24.5 Å². The van der Waals surface area contributed by atoms with Gasteiger partial charge in [-0.25, -0.2) is 9.48 Å². The number of ether oxygens (including phenoxy) is 3. The molecule has 0 radical (unpaired) electrons. The molecule has 28 heavy (non-hydrogen) atoms. The second-order valence-electron chi connectivity index (χ2n) is 6.39. The van der Waals surface area contributed by atoms with Crippen molar-refractivity contribution in [2.75, 3.05) is 33.2 Å². The van der Waals surface area contributed by atoms with Gasteiger partial charge in [0, 0.05) is 30.7 Å². The number of hydrogen-bond donors (Lipinski definition) is 2. The number of hydrogen-bond acceptors (Lipinski definition) is 6. The number of methoxy groups -OCH3 is 3. The van der Waals surface area contributed by atoms with Crippen molar-refractivity contribution in [2.24, 2.45) is 0 Å². The lowest BCUT2D eigenvalue weighted by molar-refractivity contribution is 0.251. The van der Waals surface area contributed by atoms with Gasteiger partial charge in [0.15, 0.2) is 11.5 Å². The first-order valence-electron chi connectivity index (χ1n) is 8.98. The highest BCUT2D eigenvalue weighted by atomic mass is 16.5. The van der Waals surface area contributed by atoms with Crippen molar-refractivity contribution in [1.29, 1.82) is 0 Å². The van der Waals surface area contributed by atoms with Crippen LogP contribution in [0.4, 0.5) is 10.5 Å². The highest BCUT2D eigenvalue weighted by Gasteiger charge is 2.25. The molecule has 1 aromatic heterocycles. The number of urea groups is 1. The monoisotopic (exact) mass is 388 g/mol. The van der Waals surface area contributed by atoms with Crippen LogP contribution in [-0.4, -0.2) is 43.7 Å². The Morgan fingerprint density at radius 2 is 1.82 bits per heavy atom. The maximum Gasteiger partial charge on any atom is 0.319 e. The first-order valence-corrected chi connectivity index (χ1v) is 8.98. The van der Waals surface area contributed by atoms with Gasteiger partial charge in [0.25, 0.3) is 5.56 Å². The maximum absolute atomic E-state index is 12.2. The molecule has 150 valence electrons. The van der Waals surface area contributed by atoms with Crippen molar-refractivity contribution in [3.8, 4) is 17.2 Å². The van der Waals surface area contributed by atoms with E-state index in [9.17, 15) is 9.59 Å². The molecule has 0 atom stereocenters. The van der Waals surface area contributed by atoms with Crippen LogP contribution >= 0.6 is 0 Å². The van der Waals surface area contributed by atoms with Gasteiger partial charge in [-0.1, -0.05) is 0 Å². The predicted octanol–water partition coefficient (Wildman–Crippen LogP) is 1.97. The lowest BCUT2D eigenvalue weighted by atomic mass is 10.2. The SMILES string of the molecule is COc1cc(NC(=O)NCCn2nc(C3CC3)ccc2=O)cc(OC)c1OC. The number of benzene rings is 1. The Hall–Kier alpha value is -3.23. The molecule has 3 rings (SSSR count). The van der Waals surface area contributed by atoms with Crippen molar-refractivity contribution in [1.82, 2.24) is 15.1 Å². The fourth-order valence-corrected chi connectivity index (χ4v) is 2.83. The van der Waals surface area contributed by atoms with E-state index in [0.29, 0.717) is 35.4 Å². The second-order valence-corrected chi connectivity index (χ2v) is 6.39. The summed E-state index contributed by atoms with van der Waals surface area (Å²) in [6.45, 7) is 0.555. The van der Waals surface area contributed by atoms with Crippen LogP contribution in [0.25, 0.3) is 0 Å². The van der Waals surface area contributed by atoms with Gasteiger partial charge < -0.3 is 24.8 Å². The van der Waals surface area contributed by atoms with Crippen molar-refractivity contribution >= 4 is 11.7 Å². The first-order chi connectivity index (χ1) is 13.5. The summed E-state index contributed by atoms with van der Waals surface area (Å²) in [7, 11) is 4.51. The molecule has 2 amide bonds. The number of rotatable bonds is 8. The van der Waals surface area contributed by atoms with Gasteiger partial charge >= 0.3 is 6.03 Å². The highest BCUT2D eigenvalue weighted by Crippen LogP contribution is 2.40. The molecule has 1 aliphatic carbocycles. The summed E-state index contributed by atoms with van der Waals surface area (Å²) in [6.07, 6.45) is 2.22. The van der Waals surface area contributed by atoms with Gasteiger partial charge in [-0.05, 0) is 18.9 Å². The third-order valence-corrected chi connectivity index (χ3v) is 4.41. The van der Waals surface area contributed by atoms with E-state index in [0.717, 1.165) is 18.5 Å². The van der Waals surface area contributed by atoms with Crippen LogP contribution in [-0.2, 0) is 6.54 Å². The molecule has 9 heteroatoms. The zero-order chi connectivity index (χ0) is 20.1. The van der Waals surface area contributed by atoms with Crippen LogP contribution in [0.2, 0.25) is 0 Å². The van der Waals surface area contributed by atoms with Crippen molar-refractivity contribution < 1.29 is 19.0 Å². The highest BCUT2D eigenvalue weighted by molar-refractivity contribution is 5.90. The Balaban J connectivity index is 1.59. The summed E-state index contributed by atoms with van der Waals surface area (Å²) in [6, 6.07) is 6.15. The lowest BCUT2D eigenvalue weighted by Gasteiger charge is -2.15. The molecule has 9 nitrogen and oxygen atoms in total. The van der Waals surface area contributed by atoms with E-state index in [-0.39, 0.29) is 12.1 Å². The fourth-order valence-electron chi connectivity index (χ4n) is 2.83. The standard InChI is InChI=1S/C19H24N4O5/c1-26-15-10-13(11-16(27-2)18(15)28-3)21-19(25)20-8-9-23-17(24)7-6-14(22-23)12-4-5-12/h6-7,10-12H,4-5,8-9H2,1-3H3,(H2,20,21,25). The molecule has 2 aromatic rings. The summed E-state index contributed by atoms with van der Waals surface area (Å²) in [5.41, 5.74) is 1.23. The Kier molecular flexibility index (Phi) is 6.03. The molecule has 1 aliphatic rings. The lowest BCUT2D eigenvalue weighted by Crippen LogP contribution is -2.34. The van der Waals surface area contributed by atoms with Gasteiger partial charge in [0.05, 0.1) is 39.3 Å². The Labute approximate surface area is 162 Å². The molecule has 0 bridgehead atoms. The Morgan fingerprint density at radius 3 is 2.39 bits per heavy atom. The average molecular weight is 388 g/mol. The summed E-state index contributed by atoms with van der Waals surface area (Å²) < 4.78 is 17.2. The molecule has 0 unspecified atom stereocenters. The minimum Gasteiger partial charge on any atom is -0.493 e. The second kappa shape index (κ2) is 8.64. The molecular weight excluding hydrogens is 364 g/mol. The van der Waals surface area contributed by atoms with Crippen LogP contribution in [0.5, 0.6) is 17.2 Å². The fraction of sp³-hybridized carbons (Fsp3) is 0.421. The summed E-state index contributed by atoms with van der Waals surface area (Å²) in [5.74, 6) is 1.77. The number of aromatic nitrogens is 2. The van der Waals surface area contributed by atoms with E-state index >= 15 is 0 Å². The third-order valence-electron chi connectivity index (χ3n) is 4.41. The van der Waals surface area contributed by atoms with E-state index in [4.69, 9.17) is 14.2 Å². The molecule has 0 spiro atoms. The van der Waals surface area contributed by atoms with E-state index < -0.39 is 6.03 Å². The molecular formula is C19H24N4O5. The van der Waals surface area contributed by atoms with E-state index in [1.54, 1.807) is 18.2 Å². The minimum atomic E-state index is -0.416. The van der Waals surface area contributed by atoms with Gasteiger partial charge in [-0.3, -0.25) is 4.79 Å². The number of nitrogens with zero attached hydrogens (tertiary/aromatic N) is 2. The molecule has 2 N–H and O–H groups in total. The Bertz CT molecular complexity index is 882. The number of nitrogens with one attached hydrogen (secondary N) is 2. The molecule has 0 aliphatic heterocycles. The number of anilines is 1. The third kappa shape index (κ3) is 4.54. The molecule has 1 saturated carbocycles. The Morgan fingerprint density at radius 1 is 1.14 bits per heavy atom. The van der Waals surface area contributed by atoms with E-state index in [1.165, 1.54) is 32.1 Å². The quantitative estimate of drug-likeness (QED) is 0.717. The smallest absolute Gasteiger partial charge is 0.319 e. The first kappa shape index (κ1) is 19.5. The molecule has 1 fully saturated rings. The van der Waals surface area contributed by atoms with Crippen molar-refractivity contribution in [3.63, 3.8) is 0 Å². The predicted molar refractivity (Wildman–Crippen MR) is 104 cm³/mol. The number of amides is 2. The zero-order valence-corrected chi connectivity index (χ0v) is 16.2. The molecule has 1 aromatic carbocycles. The van der Waals surface area contributed by atoms with Gasteiger partial charge in [0.2, 0.25) is 5.75 Å². The zero-order valence-electron chi connectivity index (χ0n) is 16.2. The molecule has 1 heterocycles. The van der Waals surface area contributed by atoms with E-state index in [2.05, 4.69) is 15.7 Å². The largest absolute Gasteiger partial charge is 0.493 e. The minimum absolute atomic E-state index is 0.184. The van der Waals surface area contributed by atoms with Crippen LogP contribution < -0.4 is 30.4 Å². The molecule has 0 saturated heterocycles. The number of carbonyl (C=O) groups excluding carboxylic acids is 1. The van der Waals surface area contributed by atoms with Crippen LogP contribution in [0.3, 0.4) is 0 Å². The topological polar surface area (TPSA) is 104 Å². The average Bonchev–Trinajstić information content (AvgIpc) is 3.53. The maximum atomic E-state index is 12.2. The summed E-state index contributed by atoms with van der Waals surface area (Å²) in [4.78, 5) is 24.1. The summed E-state index contributed by atoms with van der Waals surface area (Å²) in [5, 5.41) is 9.79. The van der Waals surface area contributed by atoms with Crippen LogP contribution in [0, 0.1) is 0 Å². The van der Waals surface area contributed by atoms with Gasteiger partial charge in [-0.2, -0.15) is 5.10 Å². The van der Waals surface area contributed by atoms with Gasteiger partial charge in [-0.15, -0.1) is 0 Å². The summed E-state index contributed by atoms with van der Waals surface area (Å²) >= 11 is 0. The van der Waals surface area contributed by atoms with Crippen molar-refractivity contribution in [2.45, 2.75) is 25.3 Å². The van der Waals surface area contributed by atoms with Gasteiger partial charge in [0.1, 0.15) is 0 Å². The number of carbonyl (C=O) groups is 1. The normalized spacial score (nSPS) is 13.0. The van der Waals surface area contributed by atoms with Crippen molar-refractivity contribution in [3.05, 3.63) is 40.3 Å². The van der Waals surface area contributed by atoms with E-state index in [1.807, 2.05) is 0 Å². The van der Waals surface area contributed by atoms with Crippen LogP contribution in [0.15, 0.2) is 29.1 Å².